The summed E-state index contributed by atoms with van der Waals surface area (Å²) in [6, 6.07) is 15.2. The summed E-state index contributed by atoms with van der Waals surface area (Å²) in [6.07, 6.45) is 1.88. The normalized spacial score (nSPS) is 14.8. The van der Waals surface area contributed by atoms with Crippen LogP contribution >= 0.6 is 0 Å². The van der Waals surface area contributed by atoms with Crippen LogP contribution in [0, 0.1) is 5.92 Å². The highest BCUT2D eigenvalue weighted by molar-refractivity contribution is 7.89. The first-order valence-corrected chi connectivity index (χ1v) is 9.46. The van der Waals surface area contributed by atoms with Crippen LogP contribution in [0.15, 0.2) is 64.6 Å². The molecule has 2 aromatic carbocycles. The van der Waals surface area contributed by atoms with Gasteiger partial charge in [0.15, 0.2) is 0 Å². The zero-order chi connectivity index (χ0) is 17.9. The van der Waals surface area contributed by atoms with Gasteiger partial charge in [-0.25, -0.2) is 0 Å². The Kier molecular flexibility index (Phi) is 4.85. The Labute approximate surface area is 147 Å². The molecule has 2 N–H and O–H groups in total. The largest absolute Gasteiger partial charge is 0.326 e. The second-order valence-corrected chi connectivity index (χ2v) is 7.61. The molecule has 7 heteroatoms. The van der Waals surface area contributed by atoms with Crippen molar-refractivity contribution in [1.82, 2.24) is 4.83 Å². The third kappa shape index (κ3) is 4.45. The molecule has 0 heterocycles. The van der Waals surface area contributed by atoms with Crippen LogP contribution in [0.25, 0.3) is 0 Å². The number of hydrogen-bond donors (Lipinski definition) is 2. The minimum Gasteiger partial charge on any atom is -0.326 e. The predicted molar refractivity (Wildman–Crippen MR) is 96.8 cm³/mol. The summed E-state index contributed by atoms with van der Waals surface area (Å²) >= 11 is 0. The fourth-order valence-corrected chi connectivity index (χ4v) is 3.14. The first kappa shape index (κ1) is 17.2. The quantitative estimate of drug-likeness (QED) is 0.615. The van der Waals surface area contributed by atoms with E-state index in [2.05, 4.69) is 15.2 Å². The first-order valence-electron chi connectivity index (χ1n) is 7.98. The summed E-state index contributed by atoms with van der Waals surface area (Å²) in [5, 5.41) is 6.84. The summed E-state index contributed by atoms with van der Waals surface area (Å²) in [7, 11) is -3.70. The minimum absolute atomic E-state index is 0.0246. The van der Waals surface area contributed by atoms with Crippen molar-refractivity contribution in [3.05, 3.63) is 60.2 Å². The Balaban J connectivity index is 1.72. The van der Waals surface area contributed by atoms with Gasteiger partial charge in [-0.2, -0.15) is 18.4 Å². The van der Waals surface area contributed by atoms with Crippen LogP contribution in [0.2, 0.25) is 0 Å². The van der Waals surface area contributed by atoms with Gasteiger partial charge in [0.25, 0.3) is 10.0 Å². The Bertz CT molecular complexity index is 904. The number of carbonyl (C=O) groups is 1. The fourth-order valence-electron chi connectivity index (χ4n) is 2.26. The van der Waals surface area contributed by atoms with E-state index < -0.39 is 10.0 Å². The number of hydrazone groups is 1. The lowest BCUT2D eigenvalue weighted by atomic mass is 10.1. The van der Waals surface area contributed by atoms with Gasteiger partial charge in [-0.15, -0.1) is 0 Å². The van der Waals surface area contributed by atoms with Gasteiger partial charge in [0.1, 0.15) is 0 Å². The molecule has 0 atom stereocenters. The molecule has 0 radical (unpaired) electrons. The van der Waals surface area contributed by atoms with Crippen molar-refractivity contribution in [2.45, 2.75) is 24.7 Å². The van der Waals surface area contributed by atoms with E-state index in [1.165, 1.54) is 12.1 Å². The van der Waals surface area contributed by atoms with Gasteiger partial charge in [0, 0.05) is 11.6 Å². The predicted octanol–water partition coefficient (Wildman–Crippen LogP) is 2.74. The number of sulfonamides is 1. The van der Waals surface area contributed by atoms with E-state index in [0.717, 1.165) is 18.4 Å². The molecule has 0 aromatic heterocycles. The van der Waals surface area contributed by atoms with Crippen LogP contribution in [-0.2, 0) is 14.8 Å². The summed E-state index contributed by atoms with van der Waals surface area (Å²) in [4.78, 5) is 14.2. The summed E-state index contributed by atoms with van der Waals surface area (Å²) < 4.78 is 24.4. The third-order valence-electron chi connectivity index (χ3n) is 3.88. The van der Waals surface area contributed by atoms with Crippen molar-refractivity contribution in [3.8, 4) is 0 Å². The highest BCUT2D eigenvalue weighted by Crippen LogP contribution is 2.30. The smallest absolute Gasteiger partial charge is 0.276 e. The molecule has 3 rings (SSSR count). The molecule has 1 saturated carbocycles. The Morgan fingerprint density at radius 1 is 1.08 bits per heavy atom. The standard InChI is InChI=1S/C18H19N3O3S/c1-13(20-21-25(23,24)17-8-3-2-4-9-17)15-6-5-7-16(12-15)19-18(22)14-10-11-14/h2-9,12,14,21H,10-11H2,1H3,(H,19,22)/b20-13-. The second-order valence-electron chi connectivity index (χ2n) is 5.95. The van der Waals surface area contributed by atoms with Crippen molar-refractivity contribution < 1.29 is 13.2 Å². The van der Waals surface area contributed by atoms with Crippen molar-refractivity contribution >= 4 is 27.3 Å². The molecule has 25 heavy (non-hydrogen) atoms. The lowest BCUT2D eigenvalue weighted by molar-refractivity contribution is -0.117. The fraction of sp³-hybridized carbons (Fsp3) is 0.222. The molecule has 130 valence electrons. The Hall–Kier alpha value is -2.67. The molecule has 0 bridgehead atoms. The SMILES string of the molecule is C/C(=N/NS(=O)(=O)c1ccccc1)c1cccc(NC(=O)C2CC2)c1. The molecule has 0 saturated heterocycles. The minimum atomic E-state index is -3.70. The van der Waals surface area contributed by atoms with Crippen molar-refractivity contribution in [3.63, 3.8) is 0 Å². The Morgan fingerprint density at radius 2 is 1.80 bits per heavy atom. The van der Waals surface area contributed by atoms with Crippen LogP contribution in [0.5, 0.6) is 0 Å². The maximum absolute atomic E-state index is 12.2. The first-order chi connectivity index (χ1) is 12.0. The summed E-state index contributed by atoms with van der Waals surface area (Å²) in [6.45, 7) is 1.70. The molecule has 0 spiro atoms. The molecule has 1 aliphatic rings. The van der Waals surface area contributed by atoms with E-state index >= 15 is 0 Å². The average molecular weight is 357 g/mol. The van der Waals surface area contributed by atoms with Crippen LogP contribution in [0.4, 0.5) is 5.69 Å². The topological polar surface area (TPSA) is 87.6 Å². The van der Waals surface area contributed by atoms with Crippen molar-refractivity contribution in [2.75, 3.05) is 5.32 Å². The number of nitrogens with zero attached hydrogens (tertiary/aromatic N) is 1. The zero-order valence-corrected chi connectivity index (χ0v) is 14.6. The van der Waals surface area contributed by atoms with Crippen molar-refractivity contribution in [2.24, 2.45) is 11.0 Å². The maximum atomic E-state index is 12.2. The molecule has 1 aliphatic carbocycles. The van der Waals surface area contributed by atoms with Gasteiger partial charge in [0.05, 0.1) is 10.6 Å². The number of benzene rings is 2. The van der Waals surface area contributed by atoms with Gasteiger partial charge in [-0.3, -0.25) is 4.79 Å². The van der Waals surface area contributed by atoms with Gasteiger partial charge in [0.2, 0.25) is 5.91 Å². The van der Waals surface area contributed by atoms with Gasteiger partial charge in [-0.1, -0.05) is 30.3 Å². The molecular weight excluding hydrogens is 338 g/mol. The summed E-state index contributed by atoms with van der Waals surface area (Å²) in [5.74, 6) is 0.146. The maximum Gasteiger partial charge on any atom is 0.276 e. The highest BCUT2D eigenvalue weighted by Gasteiger charge is 2.29. The third-order valence-corrected chi connectivity index (χ3v) is 5.11. The van der Waals surface area contributed by atoms with Crippen LogP contribution in [0.3, 0.4) is 0 Å². The molecule has 2 aromatic rings. The zero-order valence-electron chi connectivity index (χ0n) is 13.8. The number of nitrogens with one attached hydrogen (secondary N) is 2. The lowest BCUT2D eigenvalue weighted by Crippen LogP contribution is -2.20. The molecule has 0 aliphatic heterocycles. The van der Waals surface area contributed by atoms with Gasteiger partial charge in [-0.05, 0) is 49.6 Å². The van der Waals surface area contributed by atoms with Gasteiger partial charge >= 0.3 is 0 Å². The average Bonchev–Trinajstić information content (AvgIpc) is 3.46. The molecule has 1 fully saturated rings. The highest BCUT2D eigenvalue weighted by atomic mass is 32.2. The lowest BCUT2D eigenvalue weighted by Gasteiger charge is -2.08. The van der Waals surface area contributed by atoms with E-state index in [4.69, 9.17) is 0 Å². The van der Waals surface area contributed by atoms with E-state index in [1.807, 2.05) is 6.07 Å². The molecule has 6 nitrogen and oxygen atoms in total. The number of anilines is 1. The Morgan fingerprint density at radius 3 is 2.48 bits per heavy atom. The van der Waals surface area contributed by atoms with E-state index in [-0.39, 0.29) is 16.7 Å². The number of amides is 1. The molecule has 0 unspecified atom stereocenters. The van der Waals surface area contributed by atoms with E-state index in [0.29, 0.717) is 11.4 Å². The molecule has 1 amide bonds. The van der Waals surface area contributed by atoms with Crippen LogP contribution < -0.4 is 10.1 Å². The molecular formula is C18H19N3O3S. The van der Waals surface area contributed by atoms with E-state index in [1.54, 1.807) is 43.3 Å². The van der Waals surface area contributed by atoms with E-state index in [9.17, 15) is 13.2 Å². The number of carbonyl (C=O) groups excluding carboxylic acids is 1. The second kappa shape index (κ2) is 7.06. The van der Waals surface area contributed by atoms with Crippen LogP contribution in [0.1, 0.15) is 25.3 Å². The number of rotatable bonds is 6. The monoisotopic (exact) mass is 357 g/mol. The van der Waals surface area contributed by atoms with Crippen molar-refractivity contribution in [1.29, 1.82) is 0 Å². The van der Waals surface area contributed by atoms with Gasteiger partial charge < -0.3 is 5.32 Å². The van der Waals surface area contributed by atoms with Crippen LogP contribution in [-0.4, -0.2) is 20.0 Å². The summed E-state index contributed by atoms with van der Waals surface area (Å²) in [5.41, 5.74) is 1.90. The number of hydrogen-bond acceptors (Lipinski definition) is 4.